The molecule has 0 fully saturated rings. The number of aromatic nitrogens is 1. The summed E-state index contributed by atoms with van der Waals surface area (Å²) < 4.78 is 0. The zero-order valence-corrected chi connectivity index (χ0v) is 8.23. The van der Waals surface area contributed by atoms with Gasteiger partial charge in [-0.3, -0.25) is 0 Å². The molecule has 0 spiro atoms. The third-order valence-corrected chi connectivity index (χ3v) is 3.38. The van der Waals surface area contributed by atoms with Gasteiger partial charge in [0.1, 0.15) is 0 Å². The molecule has 2 rings (SSSR count). The van der Waals surface area contributed by atoms with Crippen molar-refractivity contribution in [2.75, 3.05) is 13.3 Å². The minimum Gasteiger partial charge on any atom is -0.361 e. The number of aromatic amines is 1. The van der Waals surface area contributed by atoms with Crippen LogP contribution in [0.15, 0.2) is 30.5 Å². The number of hydrogen-bond acceptors (Lipinski definition) is 0. The van der Waals surface area contributed by atoms with Gasteiger partial charge in [0.25, 0.3) is 0 Å². The maximum atomic E-state index is 3.29. The first-order valence-electron chi connectivity index (χ1n) is 4.02. The predicted octanol–water partition coefficient (Wildman–Crippen LogP) is 2.53. The Morgan fingerprint density at radius 3 is 2.67 bits per heavy atom. The Kier molecular flexibility index (Phi) is 1.90. The highest BCUT2D eigenvalue weighted by atomic mass is 31.1. The minimum absolute atomic E-state index is 0.0104. The fraction of sp³-hybridized carbons (Fsp3) is 0.200. The molecule has 1 heterocycles. The highest BCUT2D eigenvalue weighted by molar-refractivity contribution is 7.64. The van der Waals surface area contributed by atoms with Gasteiger partial charge in [-0.1, -0.05) is 26.1 Å². The van der Waals surface area contributed by atoms with Crippen molar-refractivity contribution in [3.63, 3.8) is 0 Å². The number of H-pyrrole nitrogens is 1. The van der Waals surface area contributed by atoms with Gasteiger partial charge < -0.3 is 4.98 Å². The molecule has 2 aromatic rings. The van der Waals surface area contributed by atoms with Gasteiger partial charge in [0, 0.05) is 22.4 Å². The summed E-state index contributed by atoms with van der Waals surface area (Å²) in [4.78, 5) is 3.29. The summed E-state index contributed by atoms with van der Waals surface area (Å²) >= 11 is 0. The van der Waals surface area contributed by atoms with Gasteiger partial charge in [-0.05, 0) is 19.4 Å². The van der Waals surface area contributed by atoms with Gasteiger partial charge in [-0.2, -0.15) is 0 Å². The van der Waals surface area contributed by atoms with Crippen LogP contribution >= 0.6 is 7.92 Å². The Morgan fingerprint density at radius 1 is 1.17 bits per heavy atom. The monoisotopic (exact) mass is 177 g/mol. The molecule has 0 saturated heterocycles. The highest BCUT2D eigenvalue weighted by Gasteiger charge is 2.04. The quantitative estimate of drug-likeness (QED) is 0.644. The second kappa shape index (κ2) is 2.91. The van der Waals surface area contributed by atoms with E-state index in [1.165, 1.54) is 16.2 Å². The first kappa shape index (κ1) is 7.82. The fourth-order valence-corrected chi connectivity index (χ4v) is 2.43. The van der Waals surface area contributed by atoms with Crippen molar-refractivity contribution in [1.29, 1.82) is 0 Å². The molecule has 62 valence electrons. The normalized spacial score (nSPS) is 11.2. The second-order valence-corrected chi connectivity index (χ2v) is 5.38. The van der Waals surface area contributed by atoms with Crippen molar-refractivity contribution in [1.82, 2.24) is 4.98 Å². The fourth-order valence-electron chi connectivity index (χ4n) is 1.43. The summed E-state index contributed by atoms with van der Waals surface area (Å²) in [6, 6.07) is 8.47. The molecule has 0 aliphatic carbocycles. The molecule has 0 saturated carbocycles. The Bertz CT molecular complexity index is 389. The lowest BCUT2D eigenvalue weighted by Gasteiger charge is -2.01. The van der Waals surface area contributed by atoms with Crippen LogP contribution in [0.1, 0.15) is 0 Å². The van der Waals surface area contributed by atoms with Gasteiger partial charge in [0.15, 0.2) is 0 Å². The van der Waals surface area contributed by atoms with Gasteiger partial charge >= 0.3 is 0 Å². The van der Waals surface area contributed by atoms with Gasteiger partial charge in [-0.15, -0.1) is 0 Å². The van der Waals surface area contributed by atoms with Gasteiger partial charge in [-0.25, -0.2) is 0 Å². The van der Waals surface area contributed by atoms with E-state index >= 15 is 0 Å². The van der Waals surface area contributed by atoms with Crippen LogP contribution in [0, 0.1) is 0 Å². The van der Waals surface area contributed by atoms with E-state index in [9.17, 15) is 0 Å². The molecular formula is C10H12NP. The van der Waals surface area contributed by atoms with Crippen LogP contribution in [0.25, 0.3) is 10.9 Å². The summed E-state index contributed by atoms with van der Waals surface area (Å²) in [5, 5.41) is 2.86. The van der Waals surface area contributed by atoms with Crippen molar-refractivity contribution in [3.8, 4) is 0 Å². The molecule has 0 unspecified atom stereocenters. The molecule has 0 bridgehead atoms. The number of hydrogen-bond donors (Lipinski definition) is 1. The molecule has 12 heavy (non-hydrogen) atoms. The summed E-state index contributed by atoms with van der Waals surface area (Å²) in [6.07, 6.45) is 2.14. The van der Waals surface area contributed by atoms with Crippen LogP contribution in [-0.4, -0.2) is 18.3 Å². The Labute approximate surface area is 73.6 Å². The lowest BCUT2D eigenvalue weighted by molar-refractivity contribution is 1.49. The van der Waals surface area contributed by atoms with Crippen molar-refractivity contribution in [2.45, 2.75) is 0 Å². The smallest absolute Gasteiger partial charge is 0.0460 e. The van der Waals surface area contributed by atoms with Gasteiger partial charge in [0.05, 0.1) is 0 Å². The van der Waals surface area contributed by atoms with Crippen LogP contribution in [0.4, 0.5) is 0 Å². The molecule has 2 heteroatoms. The molecule has 1 aromatic carbocycles. The van der Waals surface area contributed by atoms with Crippen LogP contribution in [0.3, 0.4) is 0 Å². The van der Waals surface area contributed by atoms with Crippen LogP contribution in [0.2, 0.25) is 0 Å². The maximum absolute atomic E-state index is 3.29. The minimum atomic E-state index is 0.0104. The molecule has 0 radical (unpaired) electrons. The van der Waals surface area contributed by atoms with Crippen LogP contribution < -0.4 is 5.30 Å². The van der Waals surface area contributed by atoms with Gasteiger partial charge in [0.2, 0.25) is 0 Å². The Balaban J connectivity index is 2.70. The molecule has 1 N–H and O–H groups in total. The molecule has 0 amide bonds. The third kappa shape index (κ3) is 1.15. The standard InChI is InChI=1S/C10H12NP/c1-12(2)10-7-11-9-6-4-3-5-8(9)10/h3-7,11H,1-2H3. The summed E-state index contributed by atoms with van der Waals surface area (Å²) in [7, 11) is 0.0104. The van der Waals surface area contributed by atoms with Crippen molar-refractivity contribution >= 4 is 24.1 Å². The molecule has 1 aromatic heterocycles. The van der Waals surface area contributed by atoms with E-state index in [0.717, 1.165) is 0 Å². The number of rotatable bonds is 1. The molecule has 1 nitrogen and oxygen atoms in total. The Hall–Kier alpha value is -0.810. The largest absolute Gasteiger partial charge is 0.361 e. The number of benzene rings is 1. The highest BCUT2D eigenvalue weighted by Crippen LogP contribution is 2.27. The zero-order valence-electron chi connectivity index (χ0n) is 7.33. The van der Waals surface area contributed by atoms with Crippen LogP contribution in [-0.2, 0) is 0 Å². The van der Waals surface area contributed by atoms with E-state index in [1.54, 1.807) is 0 Å². The van der Waals surface area contributed by atoms with E-state index in [1.807, 2.05) is 0 Å². The van der Waals surface area contributed by atoms with E-state index in [-0.39, 0.29) is 7.92 Å². The lowest BCUT2D eigenvalue weighted by atomic mass is 10.2. The summed E-state index contributed by atoms with van der Waals surface area (Å²) in [6.45, 7) is 4.57. The molecular weight excluding hydrogens is 165 g/mol. The summed E-state index contributed by atoms with van der Waals surface area (Å²) in [5.41, 5.74) is 1.25. The first-order valence-corrected chi connectivity index (χ1v) is 6.26. The van der Waals surface area contributed by atoms with E-state index in [2.05, 4.69) is 48.8 Å². The van der Waals surface area contributed by atoms with E-state index < -0.39 is 0 Å². The van der Waals surface area contributed by atoms with Crippen LogP contribution in [0.5, 0.6) is 0 Å². The average Bonchev–Trinajstić information content (AvgIpc) is 2.47. The average molecular weight is 177 g/mol. The molecule has 0 aliphatic rings. The lowest BCUT2D eigenvalue weighted by Crippen LogP contribution is -1.94. The zero-order chi connectivity index (χ0) is 8.55. The summed E-state index contributed by atoms with van der Waals surface area (Å²) in [5.74, 6) is 0. The molecule has 0 atom stereocenters. The second-order valence-electron chi connectivity index (χ2n) is 3.11. The maximum Gasteiger partial charge on any atom is 0.0460 e. The number of nitrogens with one attached hydrogen (secondary N) is 1. The Morgan fingerprint density at radius 2 is 1.92 bits per heavy atom. The predicted molar refractivity (Wildman–Crippen MR) is 56.7 cm³/mol. The van der Waals surface area contributed by atoms with Crippen molar-refractivity contribution < 1.29 is 0 Å². The number of para-hydroxylation sites is 1. The number of fused-ring (bicyclic) bond motifs is 1. The molecule has 0 aliphatic heterocycles. The van der Waals surface area contributed by atoms with E-state index in [4.69, 9.17) is 0 Å². The van der Waals surface area contributed by atoms with E-state index in [0.29, 0.717) is 0 Å². The topological polar surface area (TPSA) is 15.8 Å². The first-order chi connectivity index (χ1) is 5.79. The van der Waals surface area contributed by atoms with Crippen molar-refractivity contribution in [2.24, 2.45) is 0 Å². The SMILES string of the molecule is CP(C)c1c[nH]c2ccccc12. The van der Waals surface area contributed by atoms with Crippen molar-refractivity contribution in [3.05, 3.63) is 30.5 Å². The third-order valence-electron chi connectivity index (χ3n) is 2.05.